The molecule has 3 heteroatoms. The number of ether oxygens (including phenoxy) is 3. The molecule has 1 heterocycles. The molecule has 1 saturated heterocycles. The van der Waals surface area contributed by atoms with E-state index < -0.39 is 0 Å². The molecule has 3 nitrogen and oxygen atoms in total. The second kappa shape index (κ2) is 14.4. The van der Waals surface area contributed by atoms with E-state index in [4.69, 9.17) is 14.2 Å². The van der Waals surface area contributed by atoms with Crippen LogP contribution in [0.2, 0.25) is 0 Å². The van der Waals surface area contributed by atoms with Crippen molar-refractivity contribution in [1.29, 1.82) is 0 Å². The molecule has 4 fully saturated rings. The summed E-state index contributed by atoms with van der Waals surface area (Å²) >= 11 is 0. The number of benzene rings is 1. The average molecular weight is 633 g/mol. The Morgan fingerprint density at radius 1 is 0.870 bits per heavy atom. The number of hydrogen-bond acceptors (Lipinski definition) is 3. The molecule has 4 aliphatic carbocycles. The lowest BCUT2D eigenvalue weighted by molar-refractivity contribution is -0.274. The Balaban J connectivity index is 1.06. The average Bonchev–Trinajstić information content (AvgIpc) is 3.40. The normalized spacial score (nSPS) is 43.0. The van der Waals surface area contributed by atoms with E-state index in [1.165, 1.54) is 69.8 Å². The molecule has 0 bridgehead atoms. The Hall–Kier alpha value is -1.16. The van der Waals surface area contributed by atoms with Gasteiger partial charge in [-0.2, -0.15) is 0 Å². The van der Waals surface area contributed by atoms with Crippen LogP contribution in [-0.2, 0) is 20.8 Å². The molecular weight excluding hydrogens is 564 g/mol. The molecule has 1 aromatic carbocycles. The van der Waals surface area contributed by atoms with Gasteiger partial charge < -0.3 is 14.2 Å². The lowest BCUT2D eigenvalue weighted by Crippen LogP contribution is -2.52. The van der Waals surface area contributed by atoms with E-state index >= 15 is 0 Å². The molecule has 0 spiro atoms. The Morgan fingerprint density at radius 3 is 2.41 bits per heavy atom. The molecule has 2 unspecified atom stereocenters. The van der Waals surface area contributed by atoms with Crippen molar-refractivity contribution in [2.45, 2.75) is 151 Å². The Morgan fingerprint density at radius 2 is 1.65 bits per heavy atom. The van der Waals surface area contributed by atoms with Crippen molar-refractivity contribution >= 4 is 0 Å². The van der Waals surface area contributed by atoms with Gasteiger partial charge in [-0.3, -0.25) is 0 Å². The van der Waals surface area contributed by atoms with E-state index in [-0.39, 0.29) is 18.5 Å². The van der Waals surface area contributed by atoms with E-state index in [1.807, 2.05) is 0 Å². The van der Waals surface area contributed by atoms with Gasteiger partial charge in [0, 0.05) is 5.92 Å². The third-order valence-electron chi connectivity index (χ3n) is 15.0. The molecule has 1 aromatic rings. The van der Waals surface area contributed by atoms with Crippen molar-refractivity contribution < 1.29 is 14.2 Å². The molecular formula is C43H68O3. The van der Waals surface area contributed by atoms with Crippen LogP contribution in [-0.4, -0.2) is 25.1 Å². The van der Waals surface area contributed by atoms with E-state index in [1.54, 1.807) is 5.57 Å². The molecule has 0 aromatic heterocycles. The third kappa shape index (κ3) is 6.82. The van der Waals surface area contributed by atoms with E-state index in [9.17, 15) is 0 Å². The minimum atomic E-state index is -0.142. The zero-order valence-electron chi connectivity index (χ0n) is 30.8. The van der Waals surface area contributed by atoms with Gasteiger partial charge in [0.1, 0.15) is 0 Å². The zero-order chi connectivity index (χ0) is 32.6. The van der Waals surface area contributed by atoms with Crippen LogP contribution in [0.15, 0.2) is 42.0 Å². The Kier molecular flexibility index (Phi) is 10.8. The first-order valence-corrected chi connectivity index (χ1v) is 19.6. The van der Waals surface area contributed by atoms with Crippen LogP contribution in [0.3, 0.4) is 0 Å². The van der Waals surface area contributed by atoms with Gasteiger partial charge in [0.25, 0.3) is 0 Å². The van der Waals surface area contributed by atoms with Crippen molar-refractivity contribution in [3.05, 3.63) is 47.5 Å². The summed E-state index contributed by atoms with van der Waals surface area (Å²) in [6, 6.07) is 10.5. The van der Waals surface area contributed by atoms with Crippen LogP contribution in [0, 0.1) is 64.1 Å². The van der Waals surface area contributed by atoms with Gasteiger partial charge in [-0.15, -0.1) is 0 Å². The highest BCUT2D eigenvalue weighted by molar-refractivity contribution is 5.25. The smallest absolute Gasteiger partial charge is 0.161 e. The number of hydrogen-bond donors (Lipinski definition) is 0. The standard InChI is InChI=1S/C43H68O3/c1-28(2)13-12-14-29(3)37-19-20-38-36-18-17-34-25-35(21-23-42(34,7)39(36)22-24-43(37,38)8)45-41-32(6)30(4)31(5)40(46-41)27-44-26-33-15-10-9-11-16-33/h9-11,15-17,28-32,35-41H,12-14,18-27H2,1-8H3/t29-,30+,31+,32?,35+,36+,37-,38+,39+,40?,41+,42+,43-/m1/s1. The number of fused-ring (bicyclic) bond motifs is 5. The van der Waals surface area contributed by atoms with E-state index in [0.29, 0.717) is 41.8 Å². The summed E-state index contributed by atoms with van der Waals surface area (Å²) in [5.41, 5.74) is 3.86. The fourth-order valence-corrected chi connectivity index (χ4v) is 11.7. The molecule has 258 valence electrons. The first-order chi connectivity index (χ1) is 22.0. The number of allylic oxidation sites excluding steroid dienone is 1. The molecule has 1 aliphatic heterocycles. The minimum Gasteiger partial charge on any atom is -0.374 e. The van der Waals surface area contributed by atoms with Gasteiger partial charge in [-0.1, -0.05) is 117 Å². The summed E-state index contributed by atoms with van der Waals surface area (Å²) in [5.74, 6) is 6.71. The predicted molar refractivity (Wildman–Crippen MR) is 190 cm³/mol. The van der Waals surface area contributed by atoms with Gasteiger partial charge >= 0.3 is 0 Å². The topological polar surface area (TPSA) is 27.7 Å². The van der Waals surface area contributed by atoms with Crippen LogP contribution in [0.25, 0.3) is 0 Å². The zero-order valence-corrected chi connectivity index (χ0v) is 30.8. The van der Waals surface area contributed by atoms with Crippen LogP contribution >= 0.6 is 0 Å². The highest BCUT2D eigenvalue weighted by Crippen LogP contribution is 2.67. The minimum absolute atomic E-state index is 0.0770. The predicted octanol–water partition coefficient (Wildman–Crippen LogP) is 11.3. The lowest BCUT2D eigenvalue weighted by Gasteiger charge is -2.58. The SMILES string of the molecule is CC(C)CCC[C@@H](C)[C@H]1CC[C@H]2[C@@H]3CC=C4C[C@@H](O[C@H]5OC(COCc6ccccc6)[C@@H](C)[C@H](C)C5C)CC[C@]4(C)[C@H]3CC[C@]12C. The number of rotatable bonds is 11. The summed E-state index contributed by atoms with van der Waals surface area (Å²) in [5, 5.41) is 0. The second-order valence-electron chi connectivity index (χ2n) is 17.9. The van der Waals surface area contributed by atoms with Crippen molar-refractivity contribution in [2.75, 3.05) is 6.61 Å². The Bertz CT molecular complexity index is 1160. The molecule has 0 N–H and O–H groups in total. The van der Waals surface area contributed by atoms with Gasteiger partial charge in [0.15, 0.2) is 6.29 Å². The molecule has 0 amide bonds. The van der Waals surface area contributed by atoms with Crippen LogP contribution in [0.5, 0.6) is 0 Å². The highest BCUT2D eigenvalue weighted by atomic mass is 16.7. The largest absolute Gasteiger partial charge is 0.374 e. The molecule has 3 saturated carbocycles. The van der Waals surface area contributed by atoms with Crippen LogP contribution in [0.4, 0.5) is 0 Å². The van der Waals surface area contributed by atoms with Crippen molar-refractivity contribution in [2.24, 2.45) is 64.1 Å². The van der Waals surface area contributed by atoms with Crippen molar-refractivity contribution in [3.63, 3.8) is 0 Å². The first-order valence-electron chi connectivity index (χ1n) is 19.6. The summed E-state index contributed by atoms with van der Waals surface area (Å²) < 4.78 is 19.8. The fourth-order valence-electron chi connectivity index (χ4n) is 11.7. The summed E-state index contributed by atoms with van der Waals surface area (Å²) in [7, 11) is 0. The molecule has 13 atom stereocenters. The van der Waals surface area contributed by atoms with Crippen LogP contribution < -0.4 is 0 Å². The van der Waals surface area contributed by atoms with Crippen LogP contribution in [0.1, 0.15) is 132 Å². The molecule has 6 rings (SSSR count). The van der Waals surface area contributed by atoms with Gasteiger partial charge in [-0.25, -0.2) is 0 Å². The summed E-state index contributed by atoms with van der Waals surface area (Å²) in [6.45, 7) is 21.1. The van der Waals surface area contributed by atoms with Gasteiger partial charge in [0.05, 0.1) is 25.4 Å². The molecule has 5 aliphatic rings. The van der Waals surface area contributed by atoms with Crippen molar-refractivity contribution in [1.82, 2.24) is 0 Å². The van der Waals surface area contributed by atoms with Gasteiger partial charge in [-0.05, 0) is 115 Å². The monoisotopic (exact) mass is 633 g/mol. The van der Waals surface area contributed by atoms with Crippen molar-refractivity contribution in [3.8, 4) is 0 Å². The maximum Gasteiger partial charge on any atom is 0.161 e. The lowest BCUT2D eigenvalue weighted by atomic mass is 9.47. The first kappa shape index (κ1) is 34.7. The molecule has 0 radical (unpaired) electrons. The molecule has 46 heavy (non-hydrogen) atoms. The quantitative estimate of drug-likeness (QED) is 0.227. The fraction of sp³-hybridized carbons (Fsp3) is 0.814. The van der Waals surface area contributed by atoms with E-state index in [2.05, 4.69) is 91.8 Å². The summed E-state index contributed by atoms with van der Waals surface area (Å²) in [6.07, 6.45) is 17.9. The third-order valence-corrected chi connectivity index (χ3v) is 15.0. The maximum atomic E-state index is 6.94. The maximum absolute atomic E-state index is 6.94. The van der Waals surface area contributed by atoms with E-state index in [0.717, 1.165) is 41.9 Å². The summed E-state index contributed by atoms with van der Waals surface area (Å²) in [4.78, 5) is 0. The van der Waals surface area contributed by atoms with Gasteiger partial charge in [0.2, 0.25) is 0 Å². The second-order valence-corrected chi connectivity index (χ2v) is 17.9. The highest BCUT2D eigenvalue weighted by Gasteiger charge is 2.59. The Labute approximate surface area is 283 Å².